The monoisotopic (exact) mass is 449 g/mol. The highest BCUT2D eigenvalue weighted by molar-refractivity contribution is 7.99. The van der Waals surface area contributed by atoms with Crippen LogP contribution in [0.4, 0.5) is 9.18 Å². The number of benzene rings is 1. The Hall–Kier alpha value is -1.64. The molecule has 31 heavy (non-hydrogen) atoms. The van der Waals surface area contributed by atoms with Crippen LogP contribution in [0.5, 0.6) is 0 Å². The van der Waals surface area contributed by atoms with Crippen LogP contribution in [0.3, 0.4) is 0 Å². The summed E-state index contributed by atoms with van der Waals surface area (Å²) in [7, 11) is 1.56. The highest BCUT2D eigenvalue weighted by Crippen LogP contribution is 2.37. The summed E-state index contributed by atoms with van der Waals surface area (Å²) in [5.74, 6) is 2.02. The molecular weight excluding hydrogens is 417 g/mol. The van der Waals surface area contributed by atoms with Gasteiger partial charge in [-0.15, -0.1) is 0 Å². The van der Waals surface area contributed by atoms with Crippen LogP contribution < -0.4 is 5.32 Å². The van der Waals surface area contributed by atoms with E-state index in [9.17, 15) is 14.0 Å². The van der Waals surface area contributed by atoms with Gasteiger partial charge in [0.15, 0.2) is 0 Å². The number of ether oxygens (including phenoxy) is 1. The molecule has 0 unspecified atom stereocenters. The predicted molar refractivity (Wildman–Crippen MR) is 120 cm³/mol. The Morgan fingerprint density at radius 2 is 1.81 bits per heavy atom. The van der Waals surface area contributed by atoms with Gasteiger partial charge in [-0.1, -0.05) is 12.1 Å². The van der Waals surface area contributed by atoms with Crippen molar-refractivity contribution in [2.24, 2.45) is 5.92 Å². The number of amides is 3. The second-order valence-corrected chi connectivity index (χ2v) is 10.0. The zero-order valence-electron chi connectivity index (χ0n) is 18.1. The number of methoxy groups -OCH3 is 1. The van der Waals surface area contributed by atoms with Crippen molar-refractivity contribution in [2.75, 3.05) is 44.9 Å². The molecule has 1 atom stereocenters. The lowest BCUT2D eigenvalue weighted by Crippen LogP contribution is -2.58. The van der Waals surface area contributed by atoms with Gasteiger partial charge in [0.1, 0.15) is 11.4 Å². The Balaban J connectivity index is 1.54. The maximum absolute atomic E-state index is 13.6. The molecule has 0 spiro atoms. The van der Waals surface area contributed by atoms with Crippen LogP contribution in [0.25, 0.3) is 0 Å². The molecule has 3 amide bonds. The number of hydrogen-bond donors (Lipinski definition) is 1. The van der Waals surface area contributed by atoms with E-state index in [0.717, 1.165) is 31.5 Å². The molecule has 0 saturated carbocycles. The van der Waals surface area contributed by atoms with Gasteiger partial charge >= 0.3 is 6.03 Å². The summed E-state index contributed by atoms with van der Waals surface area (Å²) < 4.78 is 18.5. The second-order valence-electron chi connectivity index (χ2n) is 8.81. The van der Waals surface area contributed by atoms with Crippen molar-refractivity contribution in [2.45, 2.75) is 43.7 Å². The molecule has 3 fully saturated rings. The Kier molecular flexibility index (Phi) is 7.19. The normalized spacial score (nSPS) is 26.5. The van der Waals surface area contributed by atoms with Crippen molar-refractivity contribution >= 4 is 23.7 Å². The minimum atomic E-state index is -0.975. The van der Waals surface area contributed by atoms with Gasteiger partial charge in [0.2, 0.25) is 0 Å². The lowest BCUT2D eigenvalue weighted by atomic mass is 9.73. The van der Waals surface area contributed by atoms with E-state index in [1.165, 1.54) is 41.4 Å². The van der Waals surface area contributed by atoms with E-state index in [0.29, 0.717) is 19.1 Å². The topological polar surface area (TPSA) is 61.9 Å². The molecule has 3 heterocycles. The molecule has 3 aliphatic heterocycles. The highest BCUT2D eigenvalue weighted by atomic mass is 32.2. The van der Waals surface area contributed by atoms with Crippen LogP contribution in [0.1, 0.15) is 31.2 Å². The summed E-state index contributed by atoms with van der Waals surface area (Å²) in [5, 5.41) is 3.07. The lowest BCUT2D eigenvalue weighted by molar-refractivity contribution is -0.134. The van der Waals surface area contributed by atoms with Crippen molar-refractivity contribution in [3.8, 4) is 0 Å². The summed E-state index contributed by atoms with van der Waals surface area (Å²) in [6, 6.07) is 6.54. The van der Waals surface area contributed by atoms with Crippen LogP contribution in [-0.4, -0.2) is 78.2 Å². The van der Waals surface area contributed by atoms with Crippen LogP contribution in [0.15, 0.2) is 24.3 Å². The quantitative estimate of drug-likeness (QED) is 0.649. The Labute approximate surface area is 187 Å². The summed E-state index contributed by atoms with van der Waals surface area (Å²) in [4.78, 5) is 30.2. The first kappa shape index (κ1) is 22.6. The molecule has 0 radical (unpaired) electrons. The van der Waals surface area contributed by atoms with Crippen molar-refractivity contribution in [3.05, 3.63) is 35.6 Å². The van der Waals surface area contributed by atoms with E-state index >= 15 is 0 Å². The Morgan fingerprint density at radius 3 is 2.45 bits per heavy atom. The number of likely N-dealkylation sites (tertiary alicyclic amines) is 1. The zero-order chi connectivity index (χ0) is 21.8. The molecule has 0 aromatic heterocycles. The van der Waals surface area contributed by atoms with Crippen molar-refractivity contribution in [1.29, 1.82) is 0 Å². The lowest BCUT2D eigenvalue weighted by Gasteiger charge is -2.44. The third-order valence-corrected chi connectivity index (χ3v) is 8.10. The number of imide groups is 1. The fourth-order valence-corrected chi connectivity index (χ4v) is 6.38. The van der Waals surface area contributed by atoms with Crippen LogP contribution in [-0.2, 0) is 16.0 Å². The number of thioether (sulfide) groups is 1. The predicted octanol–water partition coefficient (Wildman–Crippen LogP) is 2.91. The summed E-state index contributed by atoms with van der Waals surface area (Å²) in [5.41, 5.74) is -0.118. The standard InChI is InChI=1S/C23H32FN3O3S/c1-30-13-12-27-21(28)23(25-22(27)29,16-17-2-4-19(24)5-3-17)18-6-10-26(11-7-18)20-8-14-31-15-9-20/h2-5,18,20H,6-16H2,1H3,(H,25,29)/t23-/m1/s1. The van der Waals surface area contributed by atoms with Crippen LogP contribution in [0.2, 0.25) is 0 Å². The molecule has 8 heteroatoms. The summed E-state index contributed by atoms with van der Waals surface area (Å²) >= 11 is 2.03. The zero-order valence-corrected chi connectivity index (χ0v) is 19.0. The number of nitrogens with zero attached hydrogens (tertiary/aromatic N) is 2. The fraction of sp³-hybridized carbons (Fsp3) is 0.652. The molecule has 1 N–H and O–H groups in total. The second kappa shape index (κ2) is 9.88. The van der Waals surface area contributed by atoms with E-state index in [4.69, 9.17) is 4.74 Å². The molecular formula is C23H32FN3O3S. The van der Waals surface area contributed by atoms with Gasteiger partial charge in [-0.2, -0.15) is 11.8 Å². The van der Waals surface area contributed by atoms with E-state index in [1.807, 2.05) is 11.8 Å². The SMILES string of the molecule is COCCN1C(=O)N[C@](Cc2ccc(F)cc2)(C2CCN(C3CCSCC3)CC2)C1=O. The number of halogens is 1. The highest BCUT2D eigenvalue weighted by Gasteiger charge is 2.55. The third-order valence-electron chi connectivity index (χ3n) is 7.05. The first-order chi connectivity index (χ1) is 15.0. The number of piperidine rings is 1. The molecule has 3 saturated heterocycles. The number of hydrogen-bond acceptors (Lipinski definition) is 5. The average molecular weight is 450 g/mol. The van der Waals surface area contributed by atoms with Crippen LogP contribution >= 0.6 is 11.8 Å². The summed E-state index contributed by atoms with van der Waals surface area (Å²) in [6.07, 6.45) is 4.59. The number of nitrogens with one attached hydrogen (secondary N) is 1. The molecule has 1 aromatic rings. The van der Waals surface area contributed by atoms with Crippen molar-refractivity contribution in [3.63, 3.8) is 0 Å². The first-order valence-corrected chi connectivity index (χ1v) is 12.4. The van der Waals surface area contributed by atoms with Gasteiger partial charge in [0, 0.05) is 19.6 Å². The van der Waals surface area contributed by atoms with Gasteiger partial charge in [-0.05, 0) is 73.9 Å². The minimum absolute atomic E-state index is 0.0516. The molecule has 0 bridgehead atoms. The van der Waals surface area contributed by atoms with E-state index in [2.05, 4.69) is 10.2 Å². The largest absolute Gasteiger partial charge is 0.383 e. The van der Waals surface area contributed by atoms with Gasteiger partial charge < -0.3 is 15.0 Å². The molecule has 170 valence electrons. The smallest absolute Gasteiger partial charge is 0.325 e. The minimum Gasteiger partial charge on any atom is -0.383 e. The van der Waals surface area contributed by atoms with E-state index in [-0.39, 0.29) is 30.2 Å². The Morgan fingerprint density at radius 1 is 1.13 bits per heavy atom. The van der Waals surface area contributed by atoms with Crippen molar-refractivity contribution < 1.29 is 18.7 Å². The molecule has 4 rings (SSSR count). The molecule has 3 aliphatic rings. The number of carbonyl (C=O) groups excluding carboxylic acids is 2. The maximum atomic E-state index is 13.6. The number of urea groups is 1. The van der Waals surface area contributed by atoms with Crippen molar-refractivity contribution in [1.82, 2.24) is 15.1 Å². The Bertz CT molecular complexity index is 779. The van der Waals surface area contributed by atoms with E-state index < -0.39 is 5.54 Å². The van der Waals surface area contributed by atoms with E-state index in [1.54, 1.807) is 19.2 Å². The molecule has 0 aliphatic carbocycles. The maximum Gasteiger partial charge on any atom is 0.325 e. The number of carbonyl (C=O) groups is 2. The van der Waals surface area contributed by atoms with Crippen LogP contribution in [0, 0.1) is 11.7 Å². The van der Waals surface area contributed by atoms with Gasteiger partial charge in [-0.25, -0.2) is 9.18 Å². The van der Waals surface area contributed by atoms with Gasteiger partial charge in [0.25, 0.3) is 5.91 Å². The van der Waals surface area contributed by atoms with Gasteiger partial charge in [-0.3, -0.25) is 9.69 Å². The summed E-state index contributed by atoms with van der Waals surface area (Å²) in [6.45, 7) is 2.45. The number of rotatable bonds is 7. The third kappa shape index (κ3) is 4.76. The first-order valence-electron chi connectivity index (χ1n) is 11.2. The molecule has 1 aromatic carbocycles. The average Bonchev–Trinajstić information content (AvgIpc) is 3.04. The fourth-order valence-electron chi connectivity index (χ4n) is 5.30. The molecule has 6 nitrogen and oxygen atoms in total. The van der Waals surface area contributed by atoms with Gasteiger partial charge in [0.05, 0.1) is 13.2 Å².